The Hall–Kier alpha value is -3.04. The van der Waals surface area contributed by atoms with E-state index >= 15 is 0 Å². The number of aromatic amines is 1. The summed E-state index contributed by atoms with van der Waals surface area (Å²) in [7, 11) is -3.97. The number of nitrogens with one attached hydrogen (secondary N) is 3. The van der Waals surface area contributed by atoms with E-state index in [0.29, 0.717) is 25.9 Å². The molecule has 1 aromatic heterocycles. The van der Waals surface area contributed by atoms with Crippen molar-refractivity contribution in [1.82, 2.24) is 15.0 Å². The Morgan fingerprint density at radius 2 is 1.66 bits per heavy atom. The first-order valence-electron chi connectivity index (χ1n) is 15.8. The molecular formula is C34H42ClN3O5S. The van der Waals surface area contributed by atoms with Crippen molar-refractivity contribution in [3.8, 4) is 5.75 Å². The standard InChI is InChI=1S/C34H42ClN3O5S/c1-21-12-26(13-22(2)31(21)35)43-10-5-7-28-27-6-3-4-8-29(27)37-32(28)33(40)38-44(41,42)11-9-36-30(39)20-34-17-23-14-24(18-34)16-25(15-23)19-34/h3-4,6,8,12-13,23-25,37H,5,7,9-11,14-20H2,1-2H3,(H,36,39)(H,38,40). The van der Waals surface area contributed by atoms with Crippen LogP contribution in [0.4, 0.5) is 0 Å². The van der Waals surface area contributed by atoms with Crippen LogP contribution in [0.2, 0.25) is 5.02 Å². The van der Waals surface area contributed by atoms with Crippen molar-refractivity contribution in [3.05, 3.63) is 63.8 Å². The lowest BCUT2D eigenvalue weighted by molar-refractivity contribution is -0.129. The van der Waals surface area contributed by atoms with Crippen LogP contribution < -0.4 is 14.8 Å². The van der Waals surface area contributed by atoms with Gasteiger partial charge in [0.05, 0.1) is 12.4 Å². The predicted molar refractivity (Wildman–Crippen MR) is 173 cm³/mol. The largest absolute Gasteiger partial charge is 0.494 e. The number of H-pyrrole nitrogens is 1. The molecule has 2 aromatic carbocycles. The third kappa shape index (κ3) is 6.79. The van der Waals surface area contributed by atoms with Crippen molar-refractivity contribution in [2.75, 3.05) is 18.9 Å². The van der Waals surface area contributed by atoms with E-state index in [-0.39, 0.29) is 29.3 Å². The van der Waals surface area contributed by atoms with Gasteiger partial charge < -0.3 is 15.0 Å². The molecule has 4 saturated carbocycles. The van der Waals surface area contributed by atoms with Crippen molar-refractivity contribution in [1.29, 1.82) is 0 Å². The number of amides is 2. The number of halogens is 1. The van der Waals surface area contributed by atoms with Gasteiger partial charge in [-0.3, -0.25) is 9.59 Å². The number of sulfonamides is 1. The first-order chi connectivity index (χ1) is 21.0. The lowest BCUT2D eigenvalue weighted by Crippen LogP contribution is -2.48. The lowest BCUT2D eigenvalue weighted by atomic mass is 9.49. The van der Waals surface area contributed by atoms with Crippen LogP contribution in [-0.4, -0.2) is 44.1 Å². The number of benzene rings is 2. The van der Waals surface area contributed by atoms with Crippen LogP contribution >= 0.6 is 11.6 Å². The van der Waals surface area contributed by atoms with Crippen LogP contribution in [0.3, 0.4) is 0 Å². The first kappa shape index (κ1) is 31.0. The van der Waals surface area contributed by atoms with Gasteiger partial charge >= 0.3 is 0 Å². The van der Waals surface area contributed by atoms with Crippen molar-refractivity contribution in [2.24, 2.45) is 23.2 Å². The summed E-state index contributed by atoms with van der Waals surface area (Å²) in [6, 6.07) is 11.3. The predicted octanol–water partition coefficient (Wildman–Crippen LogP) is 6.23. The molecule has 8 nitrogen and oxygen atoms in total. The minimum absolute atomic E-state index is 0.0334. The number of carbonyl (C=O) groups is 2. The van der Waals surface area contributed by atoms with E-state index in [9.17, 15) is 18.0 Å². The van der Waals surface area contributed by atoms with Gasteiger partial charge in [-0.15, -0.1) is 0 Å². The van der Waals surface area contributed by atoms with Gasteiger partial charge in [-0.25, -0.2) is 13.1 Å². The van der Waals surface area contributed by atoms with Crippen molar-refractivity contribution >= 4 is 44.3 Å². The van der Waals surface area contributed by atoms with Gasteiger partial charge in [0.15, 0.2) is 0 Å². The normalized spacial score (nSPS) is 24.0. The maximum absolute atomic E-state index is 13.3. The first-order valence-corrected chi connectivity index (χ1v) is 17.8. The molecule has 3 aromatic rings. The molecule has 0 saturated heterocycles. The minimum Gasteiger partial charge on any atom is -0.494 e. The summed E-state index contributed by atoms with van der Waals surface area (Å²) in [4.78, 5) is 29.2. The number of hydrogen-bond acceptors (Lipinski definition) is 5. The Bertz CT molecular complexity index is 1620. The second-order valence-corrected chi connectivity index (χ2v) is 15.8. The smallest absolute Gasteiger partial charge is 0.281 e. The van der Waals surface area contributed by atoms with E-state index in [0.717, 1.165) is 75.4 Å². The summed E-state index contributed by atoms with van der Waals surface area (Å²) in [5.74, 6) is 1.83. The summed E-state index contributed by atoms with van der Waals surface area (Å²) in [6.45, 7) is 4.26. The topological polar surface area (TPSA) is 117 Å². The summed E-state index contributed by atoms with van der Waals surface area (Å²) in [5.41, 5.74) is 3.70. The van der Waals surface area contributed by atoms with Crippen LogP contribution in [0.1, 0.15) is 78.5 Å². The highest BCUT2D eigenvalue weighted by atomic mass is 35.5. The maximum Gasteiger partial charge on any atom is 0.281 e. The van der Waals surface area contributed by atoms with E-state index in [4.69, 9.17) is 16.3 Å². The molecule has 0 atom stereocenters. The molecule has 0 radical (unpaired) electrons. The second kappa shape index (κ2) is 12.4. The molecule has 7 rings (SSSR count). The van der Waals surface area contributed by atoms with Crippen LogP contribution in [0.25, 0.3) is 10.9 Å². The monoisotopic (exact) mass is 639 g/mol. The van der Waals surface area contributed by atoms with Crippen LogP contribution in [0.15, 0.2) is 36.4 Å². The highest BCUT2D eigenvalue weighted by Crippen LogP contribution is 2.61. The molecular weight excluding hydrogens is 598 g/mol. The molecule has 1 heterocycles. The molecule has 2 amide bonds. The number of aryl methyl sites for hydroxylation is 3. The third-order valence-electron chi connectivity index (χ3n) is 9.93. The molecule has 4 aliphatic carbocycles. The number of hydrogen-bond donors (Lipinski definition) is 3. The molecule has 0 aliphatic heterocycles. The van der Waals surface area contributed by atoms with Crippen LogP contribution in [0.5, 0.6) is 5.75 Å². The quantitative estimate of drug-likeness (QED) is 0.203. The van der Waals surface area contributed by atoms with Gasteiger partial charge in [0.1, 0.15) is 11.4 Å². The van der Waals surface area contributed by atoms with Gasteiger partial charge in [0, 0.05) is 28.9 Å². The molecule has 3 N–H and O–H groups in total. The lowest BCUT2D eigenvalue weighted by Gasteiger charge is -2.56. The van der Waals surface area contributed by atoms with Gasteiger partial charge in [-0.1, -0.05) is 29.8 Å². The van der Waals surface area contributed by atoms with Gasteiger partial charge in [0.2, 0.25) is 15.9 Å². The molecule has 44 heavy (non-hydrogen) atoms. The Kier molecular flexibility index (Phi) is 8.72. The molecule has 4 fully saturated rings. The van der Waals surface area contributed by atoms with E-state index in [2.05, 4.69) is 15.0 Å². The fraction of sp³-hybridized carbons (Fsp3) is 0.529. The van der Waals surface area contributed by atoms with E-state index in [1.54, 1.807) is 0 Å². The highest BCUT2D eigenvalue weighted by molar-refractivity contribution is 7.90. The van der Waals surface area contributed by atoms with Crippen LogP contribution in [0, 0.1) is 37.0 Å². The summed E-state index contributed by atoms with van der Waals surface area (Å²) in [6.07, 6.45) is 8.92. The SMILES string of the molecule is Cc1cc(OCCCc2c(C(=O)NS(=O)(=O)CCNC(=O)CC34CC5CC(CC(C5)C3)C4)[nH]c3ccccc23)cc(C)c1Cl. The number of fused-ring (bicyclic) bond motifs is 1. The summed E-state index contributed by atoms with van der Waals surface area (Å²) in [5, 5.41) is 4.41. The van der Waals surface area contributed by atoms with Crippen LogP contribution in [-0.2, 0) is 21.2 Å². The summed E-state index contributed by atoms with van der Waals surface area (Å²) >= 11 is 6.27. The van der Waals surface area contributed by atoms with Gasteiger partial charge in [0.25, 0.3) is 5.91 Å². The zero-order chi connectivity index (χ0) is 31.1. The number of para-hydroxylation sites is 1. The van der Waals surface area contributed by atoms with Crippen molar-refractivity contribution in [2.45, 2.75) is 71.6 Å². The fourth-order valence-electron chi connectivity index (χ4n) is 8.56. The Morgan fingerprint density at radius 3 is 2.32 bits per heavy atom. The molecule has 10 heteroatoms. The average Bonchev–Trinajstić information content (AvgIpc) is 3.31. The van der Waals surface area contributed by atoms with Crippen molar-refractivity contribution in [3.63, 3.8) is 0 Å². The Balaban J connectivity index is 1.03. The number of carbonyl (C=O) groups excluding carboxylic acids is 2. The third-order valence-corrected chi connectivity index (χ3v) is 11.8. The second-order valence-electron chi connectivity index (χ2n) is 13.5. The van der Waals surface area contributed by atoms with Crippen molar-refractivity contribution < 1.29 is 22.7 Å². The van der Waals surface area contributed by atoms with E-state index in [1.165, 1.54) is 19.3 Å². The van der Waals surface area contributed by atoms with Gasteiger partial charge in [-0.2, -0.15) is 0 Å². The minimum atomic E-state index is -3.97. The number of rotatable bonds is 12. The summed E-state index contributed by atoms with van der Waals surface area (Å²) < 4.78 is 34.0. The van der Waals surface area contributed by atoms with Gasteiger partial charge in [-0.05, 0) is 123 Å². The molecule has 0 unspecified atom stereocenters. The molecule has 0 spiro atoms. The fourth-order valence-corrected chi connectivity index (χ4v) is 9.53. The molecule has 236 valence electrons. The molecule has 4 bridgehead atoms. The number of aromatic nitrogens is 1. The maximum atomic E-state index is 13.3. The Morgan fingerprint density at radius 1 is 1.02 bits per heavy atom. The Labute approximate surface area is 264 Å². The van der Waals surface area contributed by atoms with E-state index in [1.807, 2.05) is 50.2 Å². The zero-order valence-corrected chi connectivity index (χ0v) is 27.1. The zero-order valence-electron chi connectivity index (χ0n) is 25.5. The average molecular weight is 640 g/mol. The molecule has 4 aliphatic rings. The van der Waals surface area contributed by atoms with E-state index < -0.39 is 15.9 Å². The number of ether oxygens (including phenoxy) is 1. The highest BCUT2D eigenvalue weighted by Gasteiger charge is 2.51.